The molecule has 27 heavy (non-hydrogen) atoms. The van der Waals surface area contributed by atoms with Gasteiger partial charge in [-0.05, 0) is 32.4 Å². The van der Waals surface area contributed by atoms with Gasteiger partial charge in [0, 0.05) is 35.6 Å². The summed E-state index contributed by atoms with van der Waals surface area (Å²) in [5.41, 5.74) is 2.55. The fourth-order valence-corrected chi connectivity index (χ4v) is 4.30. The third-order valence-electron chi connectivity index (χ3n) is 5.51. The average Bonchev–Trinajstić information content (AvgIpc) is 2.66. The number of benzene rings is 1. The van der Waals surface area contributed by atoms with Crippen molar-refractivity contribution in [2.75, 3.05) is 24.5 Å². The minimum absolute atomic E-state index is 0.0948. The number of hydrogen-bond donors (Lipinski definition) is 0. The first-order valence-electron chi connectivity index (χ1n) is 9.35. The summed E-state index contributed by atoms with van der Waals surface area (Å²) in [5, 5.41) is 0. The van der Waals surface area contributed by atoms with Crippen molar-refractivity contribution in [3.63, 3.8) is 0 Å². The number of fused-ring (bicyclic) bond motifs is 2. The van der Waals surface area contributed by atoms with Gasteiger partial charge in [0.05, 0.1) is 23.3 Å². The lowest BCUT2D eigenvalue weighted by Crippen LogP contribution is -2.65. The molecule has 1 aromatic carbocycles. The van der Waals surface area contributed by atoms with Crippen molar-refractivity contribution in [3.05, 3.63) is 52.7 Å². The first-order chi connectivity index (χ1) is 13.1. The SMILES string of the molecule is C/C=C\C(C(=O)N1CCC2CN(c3cnc4ccccc4n3)C2C1)=C(/C)Br. The van der Waals surface area contributed by atoms with Crippen molar-refractivity contribution in [2.45, 2.75) is 26.3 Å². The Hall–Kier alpha value is -2.21. The molecule has 0 saturated carbocycles. The number of para-hydroxylation sites is 2. The van der Waals surface area contributed by atoms with Gasteiger partial charge in [0.2, 0.25) is 0 Å². The van der Waals surface area contributed by atoms with E-state index in [1.165, 1.54) is 0 Å². The summed E-state index contributed by atoms with van der Waals surface area (Å²) in [6.45, 7) is 6.40. The Kier molecular flexibility index (Phi) is 5.00. The maximum atomic E-state index is 13.0. The van der Waals surface area contributed by atoms with E-state index in [1.54, 1.807) is 0 Å². The first-order valence-corrected chi connectivity index (χ1v) is 10.1. The summed E-state index contributed by atoms with van der Waals surface area (Å²) >= 11 is 3.47. The van der Waals surface area contributed by atoms with Gasteiger partial charge in [-0.25, -0.2) is 4.98 Å². The molecule has 2 fully saturated rings. The molecule has 1 amide bonds. The van der Waals surface area contributed by atoms with Crippen LogP contribution in [0.5, 0.6) is 0 Å². The predicted molar refractivity (Wildman–Crippen MR) is 112 cm³/mol. The number of nitrogens with zero attached hydrogens (tertiary/aromatic N) is 4. The van der Waals surface area contributed by atoms with Crippen LogP contribution in [0.25, 0.3) is 11.0 Å². The number of halogens is 1. The molecule has 2 atom stereocenters. The van der Waals surface area contributed by atoms with E-state index < -0.39 is 0 Å². The van der Waals surface area contributed by atoms with Crippen LogP contribution in [0.4, 0.5) is 5.82 Å². The second kappa shape index (κ2) is 7.43. The number of anilines is 1. The zero-order chi connectivity index (χ0) is 19.0. The molecular formula is C21H23BrN4O. The Morgan fingerprint density at radius 1 is 1.26 bits per heavy atom. The molecule has 2 saturated heterocycles. The number of amides is 1. The van der Waals surface area contributed by atoms with Crippen LogP contribution in [-0.2, 0) is 4.79 Å². The minimum Gasteiger partial charge on any atom is -0.350 e. The van der Waals surface area contributed by atoms with E-state index in [0.717, 1.165) is 53.0 Å². The number of likely N-dealkylation sites (tertiary alicyclic amines) is 1. The lowest BCUT2D eigenvalue weighted by Gasteiger charge is -2.54. The fourth-order valence-electron chi connectivity index (χ4n) is 4.00. The Balaban J connectivity index is 1.53. The van der Waals surface area contributed by atoms with Crippen LogP contribution in [0, 0.1) is 5.92 Å². The number of carbonyl (C=O) groups excluding carboxylic acids is 1. The van der Waals surface area contributed by atoms with Crippen molar-refractivity contribution in [1.29, 1.82) is 0 Å². The van der Waals surface area contributed by atoms with E-state index in [9.17, 15) is 4.79 Å². The second-order valence-corrected chi connectivity index (χ2v) is 8.37. The molecule has 3 heterocycles. The average molecular weight is 427 g/mol. The lowest BCUT2D eigenvalue weighted by atomic mass is 9.82. The van der Waals surface area contributed by atoms with Gasteiger partial charge >= 0.3 is 0 Å². The van der Waals surface area contributed by atoms with Crippen LogP contribution in [0.3, 0.4) is 0 Å². The van der Waals surface area contributed by atoms with Gasteiger partial charge in [0.1, 0.15) is 5.82 Å². The highest BCUT2D eigenvalue weighted by molar-refractivity contribution is 9.11. The summed E-state index contributed by atoms with van der Waals surface area (Å²) in [4.78, 5) is 26.6. The van der Waals surface area contributed by atoms with Crippen LogP contribution in [0.1, 0.15) is 20.3 Å². The standard InChI is InChI=1S/C21H23BrN4O/c1-3-6-16(14(2)22)21(27)25-10-9-15-12-26(19(15)13-25)20-11-23-17-7-4-5-8-18(17)24-20/h3-8,11,15,19H,9-10,12-13H2,1-2H3/b6-3-,16-14-. The number of aromatic nitrogens is 2. The number of allylic oxidation sites excluding steroid dienone is 2. The van der Waals surface area contributed by atoms with Crippen LogP contribution in [0.2, 0.25) is 0 Å². The van der Waals surface area contributed by atoms with E-state index >= 15 is 0 Å². The maximum absolute atomic E-state index is 13.0. The highest BCUT2D eigenvalue weighted by Crippen LogP contribution is 2.36. The molecule has 140 valence electrons. The maximum Gasteiger partial charge on any atom is 0.254 e. The first kappa shape index (κ1) is 18.2. The second-order valence-electron chi connectivity index (χ2n) is 7.18. The van der Waals surface area contributed by atoms with E-state index in [0.29, 0.717) is 12.0 Å². The minimum atomic E-state index is 0.0948. The van der Waals surface area contributed by atoms with Crippen LogP contribution in [0.15, 0.2) is 52.7 Å². The van der Waals surface area contributed by atoms with Crippen LogP contribution >= 0.6 is 15.9 Å². The third-order valence-corrected chi connectivity index (χ3v) is 5.93. The molecule has 0 aliphatic carbocycles. The Labute approximate surface area is 167 Å². The van der Waals surface area contributed by atoms with Gasteiger partial charge < -0.3 is 9.80 Å². The van der Waals surface area contributed by atoms with E-state index in [4.69, 9.17) is 4.98 Å². The molecule has 2 aliphatic rings. The molecule has 5 nitrogen and oxygen atoms in total. The molecule has 2 aromatic rings. The van der Waals surface area contributed by atoms with Gasteiger partial charge in [-0.3, -0.25) is 9.78 Å². The zero-order valence-corrected chi connectivity index (χ0v) is 17.2. The van der Waals surface area contributed by atoms with Gasteiger partial charge in [-0.1, -0.05) is 40.2 Å². The Morgan fingerprint density at radius 3 is 2.78 bits per heavy atom. The Morgan fingerprint density at radius 2 is 2.04 bits per heavy atom. The number of hydrogen-bond acceptors (Lipinski definition) is 4. The molecular weight excluding hydrogens is 404 g/mol. The molecule has 0 radical (unpaired) electrons. The number of rotatable bonds is 3. The molecule has 0 N–H and O–H groups in total. The normalized spacial score (nSPS) is 23.2. The van der Waals surface area contributed by atoms with Crippen LogP contribution < -0.4 is 4.90 Å². The zero-order valence-electron chi connectivity index (χ0n) is 15.6. The van der Waals surface area contributed by atoms with Crippen molar-refractivity contribution >= 4 is 38.7 Å². The summed E-state index contributed by atoms with van der Waals surface area (Å²) in [6, 6.07) is 8.25. The van der Waals surface area contributed by atoms with Crippen molar-refractivity contribution in [3.8, 4) is 0 Å². The molecule has 6 heteroatoms. The number of piperidine rings is 1. The summed E-state index contributed by atoms with van der Waals surface area (Å²) < 4.78 is 0.874. The molecule has 0 spiro atoms. The van der Waals surface area contributed by atoms with Gasteiger partial charge in [0.15, 0.2) is 0 Å². The van der Waals surface area contributed by atoms with Gasteiger partial charge in [-0.15, -0.1) is 0 Å². The summed E-state index contributed by atoms with van der Waals surface area (Å²) in [5.74, 6) is 1.63. The monoisotopic (exact) mass is 426 g/mol. The van der Waals surface area contributed by atoms with Crippen molar-refractivity contribution < 1.29 is 4.79 Å². The van der Waals surface area contributed by atoms with E-state index in [1.807, 2.05) is 61.4 Å². The summed E-state index contributed by atoms with van der Waals surface area (Å²) in [7, 11) is 0. The van der Waals surface area contributed by atoms with E-state index in [2.05, 4.69) is 25.8 Å². The largest absolute Gasteiger partial charge is 0.350 e. The lowest BCUT2D eigenvalue weighted by molar-refractivity contribution is -0.129. The molecule has 2 aliphatic heterocycles. The fraction of sp³-hybridized carbons (Fsp3) is 0.381. The molecule has 0 bridgehead atoms. The quantitative estimate of drug-likeness (QED) is 0.551. The third kappa shape index (κ3) is 3.38. The van der Waals surface area contributed by atoms with Gasteiger partial charge in [-0.2, -0.15) is 0 Å². The van der Waals surface area contributed by atoms with Crippen LogP contribution in [-0.4, -0.2) is 46.5 Å². The van der Waals surface area contributed by atoms with E-state index in [-0.39, 0.29) is 5.91 Å². The van der Waals surface area contributed by atoms with Gasteiger partial charge in [0.25, 0.3) is 5.91 Å². The topological polar surface area (TPSA) is 49.3 Å². The highest BCUT2D eigenvalue weighted by atomic mass is 79.9. The van der Waals surface area contributed by atoms with Crippen molar-refractivity contribution in [2.24, 2.45) is 5.92 Å². The Bertz CT molecular complexity index is 935. The number of carbonyl (C=O) groups is 1. The molecule has 2 unspecified atom stereocenters. The molecule has 4 rings (SSSR count). The summed E-state index contributed by atoms with van der Waals surface area (Å²) in [6.07, 6.45) is 6.68. The highest BCUT2D eigenvalue weighted by Gasteiger charge is 2.44. The van der Waals surface area contributed by atoms with Crippen molar-refractivity contribution in [1.82, 2.24) is 14.9 Å². The predicted octanol–water partition coefficient (Wildman–Crippen LogP) is 3.91. The smallest absolute Gasteiger partial charge is 0.254 e. The molecule has 1 aromatic heterocycles.